The van der Waals surface area contributed by atoms with E-state index in [1.54, 1.807) is 6.08 Å². The number of hydrogen-bond acceptors (Lipinski definition) is 37. The molecule has 2 unspecified atom stereocenters. The van der Waals surface area contributed by atoms with Crippen LogP contribution in [-0.4, -0.2) is 390 Å². The molecule has 0 saturated carbocycles. The SMILES string of the molecule is CCCCCCCC/C=C\CCCCCCCCCCCC(=O)N[C@@H](CO[C@@H]1O[C@H](CO)[C@@H](O[C@@H]2O[C@H](CO)[C@H](O[C@@H]3O[C@H](CO)[C@H](O)[C@H](O[C@@H]4O[C@H](CO)[C@H](O)[C@H](O[C@]5(C(=O)O)C[C@H](O)[C@@H](NC(C)=O)C([C@H](O)[C@H](O)CO)O5)[C@H]4O)[C@H]3CC(C)=O)[C@H](O[C@]3(C(=O)O)C[C@H](O)[C@@H](NC(C)=O)C([C@H](O)[C@H](O)CO)O3)[C@H]2O)[C@H](O)[C@H]1O)[C@H](O)/C=C/CCCCCCCCCCCCC. The number of nitrogens with one attached hydrogen (secondary N) is 3. The number of carbonyl (C=O) groups is 6. The van der Waals surface area contributed by atoms with E-state index >= 15 is 0 Å². The normalized spacial score (nSPS) is 34.5. The molecule has 24 N–H and O–H groups in total. The van der Waals surface area contributed by atoms with Crippen LogP contribution in [0.4, 0.5) is 0 Å². The van der Waals surface area contributed by atoms with Gasteiger partial charge in [-0.25, -0.2) is 9.59 Å². The number of carbonyl (C=O) groups excluding carboxylic acids is 4. The summed E-state index contributed by atoms with van der Waals surface area (Å²) >= 11 is 0. The molecule has 42 heteroatoms. The first-order valence-electron chi connectivity index (χ1n) is 47.1. The topological polar surface area (TPSA) is 674 Å². The summed E-state index contributed by atoms with van der Waals surface area (Å²) in [7, 11) is 0. The number of carboxylic acid groups (broad SMARTS) is 2. The molecule has 6 fully saturated rings. The number of Topliss-reactive ketones (excluding diaryl/α,β-unsaturated/α-hetero) is 1. The quantitative estimate of drug-likeness (QED) is 0.0245. The van der Waals surface area contributed by atoms with Gasteiger partial charge in [0.15, 0.2) is 25.2 Å². The number of aliphatic hydroxyl groups is 19. The van der Waals surface area contributed by atoms with Gasteiger partial charge in [-0.1, -0.05) is 179 Å². The van der Waals surface area contributed by atoms with Gasteiger partial charge in [-0.3, -0.25) is 14.4 Å². The Hall–Kier alpha value is -4.74. The van der Waals surface area contributed by atoms with E-state index in [1.165, 1.54) is 83.1 Å². The molecule has 0 aromatic heterocycles. The fraction of sp³-hybridized carbons (Fsp3) is 0.888. The minimum Gasteiger partial charge on any atom is -0.477 e. The van der Waals surface area contributed by atoms with Gasteiger partial charge in [0.05, 0.1) is 88.8 Å². The highest BCUT2D eigenvalue weighted by Gasteiger charge is 2.64. The van der Waals surface area contributed by atoms with Crippen LogP contribution in [0.2, 0.25) is 0 Å². The molecule has 0 aliphatic carbocycles. The minimum absolute atomic E-state index is 0.0921. The van der Waals surface area contributed by atoms with E-state index in [0.717, 1.165) is 117 Å². The lowest BCUT2D eigenvalue weighted by Crippen LogP contribution is -2.71. The van der Waals surface area contributed by atoms with Crippen LogP contribution in [-0.2, 0) is 85.6 Å². The van der Waals surface area contributed by atoms with E-state index in [4.69, 9.17) is 56.8 Å². The Labute approximate surface area is 765 Å². The number of ketones is 1. The number of aliphatic hydroxyl groups excluding tert-OH is 19. The van der Waals surface area contributed by atoms with Gasteiger partial charge in [-0.2, -0.15) is 0 Å². The molecule has 0 aromatic carbocycles. The molecule has 34 atom stereocenters. The van der Waals surface area contributed by atoms with Gasteiger partial charge in [-0.15, -0.1) is 0 Å². The first kappa shape index (κ1) is 115. The molecule has 3 amide bonds. The molecule has 6 heterocycles. The van der Waals surface area contributed by atoms with Gasteiger partial charge >= 0.3 is 11.9 Å². The Morgan fingerprint density at radius 1 is 0.420 bits per heavy atom. The van der Waals surface area contributed by atoms with E-state index in [-0.39, 0.29) is 6.42 Å². The van der Waals surface area contributed by atoms with Crippen molar-refractivity contribution in [3.8, 4) is 0 Å². The summed E-state index contributed by atoms with van der Waals surface area (Å²) in [5, 5.41) is 245. The third-order valence-electron chi connectivity index (χ3n) is 25.0. The van der Waals surface area contributed by atoms with Gasteiger partial charge < -0.3 is 185 Å². The van der Waals surface area contributed by atoms with Crippen LogP contribution < -0.4 is 16.0 Å². The van der Waals surface area contributed by atoms with Gasteiger partial charge in [0.25, 0.3) is 11.6 Å². The van der Waals surface area contributed by atoms with Crippen LogP contribution in [0.25, 0.3) is 0 Å². The first-order valence-corrected chi connectivity index (χ1v) is 47.1. The van der Waals surface area contributed by atoms with Crippen LogP contribution in [0.1, 0.15) is 247 Å². The first-order chi connectivity index (χ1) is 62.6. The lowest BCUT2D eigenvalue weighted by atomic mass is 9.86. The third kappa shape index (κ3) is 34.7. The molecule has 131 heavy (non-hydrogen) atoms. The highest BCUT2D eigenvalue weighted by Crippen LogP contribution is 2.44. The minimum atomic E-state index is -3.49. The maximum atomic E-state index is 14.1. The number of unbranched alkanes of at least 4 members (excludes halogenated alkanes) is 26. The fourth-order valence-electron chi connectivity index (χ4n) is 17.6. The lowest BCUT2D eigenvalue weighted by Gasteiger charge is -2.53. The van der Waals surface area contributed by atoms with E-state index in [1.807, 2.05) is 0 Å². The highest BCUT2D eigenvalue weighted by atomic mass is 16.8. The summed E-state index contributed by atoms with van der Waals surface area (Å²) in [6.07, 6.45) is -25.8. The second-order valence-electron chi connectivity index (χ2n) is 35.6. The summed E-state index contributed by atoms with van der Waals surface area (Å²) in [5.41, 5.74) is 0. The predicted octanol–water partition coefficient (Wildman–Crippen LogP) is -1.44. The smallest absolute Gasteiger partial charge is 0.364 e. The lowest BCUT2D eigenvalue weighted by molar-refractivity contribution is -0.408. The molecular weight excluding hydrogens is 1730 g/mol. The van der Waals surface area contributed by atoms with Crippen molar-refractivity contribution in [2.24, 2.45) is 5.92 Å². The van der Waals surface area contributed by atoms with Crippen LogP contribution in [0.15, 0.2) is 24.3 Å². The molecule has 6 aliphatic rings. The Kier molecular flexibility index (Phi) is 52.2. The number of allylic oxidation sites excluding steroid dienone is 3. The zero-order valence-corrected chi connectivity index (χ0v) is 76.3. The zero-order chi connectivity index (χ0) is 96.7. The monoisotopic (exact) mass is 1890 g/mol. The number of ether oxygens (including phenoxy) is 12. The summed E-state index contributed by atoms with van der Waals surface area (Å²) < 4.78 is 72.8. The van der Waals surface area contributed by atoms with Crippen molar-refractivity contribution in [3.05, 3.63) is 24.3 Å². The van der Waals surface area contributed by atoms with Crippen molar-refractivity contribution >= 4 is 35.4 Å². The van der Waals surface area contributed by atoms with E-state index < -0.39 is 308 Å². The van der Waals surface area contributed by atoms with Crippen LogP contribution in [0.5, 0.6) is 0 Å². The maximum Gasteiger partial charge on any atom is 0.364 e. The fourth-order valence-corrected chi connectivity index (χ4v) is 17.6. The predicted molar refractivity (Wildman–Crippen MR) is 459 cm³/mol. The summed E-state index contributed by atoms with van der Waals surface area (Å²) in [4.78, 5) is 79.8. The van der Waals surface area contributed by atoms with Crippen molar-refractivity contribution in [3.63, 3.8) is 0 Å². The third-order valence-corrected chi connectivity index (χ3v) is 25.0. The highest BCUT2D eigenvalue weighted by molar-refractivity contribution is 5.78. The van der Waals surface area contributed by atoms with Gasteiger partial charge in [-0.05, 0) is 51.9 Å². The summed E-state index contributed by atoms with van der Waals surface area (Å²) in [6, 6.07) is -4.78. The Bertz CT molecular complexity index is 3320. The second-order valence-corrected chi connectivity index (χ2v) is 35.6. The van der Waals surface area contributed by atoms with E-state index in [2.05, 4.69) is 41.9 Å². The van der Waals surface area contributed by atoms with Crippen molar-refractivity contribution in [2.75, 3.05) is 46.2 Å². The summed E-state index contributed by atoms with van der Waals surface area (Å²) in [6.45, 7) is -0.625. The van der Waals surface area contributed by atoms with Crippen LogP contribution in [0.3, 0.4) is 0 Å². The zero-order valence-electron chi connectivity index (χ0n) is 76.3. The van der Waals surface area contributed by atoms with Gasteiger partial charge in [0, 0.05) is 45.4 Å². The van der Waals surface area contributed by atoms with Crippen molar-refractivity contribution in [1.29, 1.82) is 0 Å². The largest absolute Gasteiger partial charge is 0.477 e. The molecular formula is C89H155N3O39. The van der Waals surface area contributed by atoms with Crippen LogP contribution >= 0.6 is 0 Å². The van der Waals surface area contributed by atoms with E-state index in [9.17, 15) is 136 Å². The number of aliphatic carboxylic acids is 2. The summed E-state index contributed by atoms with van der Waals surface area (Å²) in [5.74, 6) is -16.1. The number of amides is 3. The Morgan fingerprint density at radius 2 is 0.794 bits per heavy atom. The standard InChI is InChI=1S/C89H155N3O39/c1-6-8-10-12-14-16-18-20-21-22-23-24-25-27-29-31-33-35-37-39-64(107)92-54(55(102)38-36-34-32-30-28-26-19-17-15-13-11-9-7-2)49-120-83-72(113)71(112)76(62(47-97)123-83)126-85-74(115)81(131-89(87(118)119)42-57(104)66(91-52(5)101)79(129-89)68(109)59(106)44-94)77(63(48-98)124-85)127-82-53(40-50(3)99)75(69(110)60(45-95)121-82)125-84-73(114)80(70(111)61(46-96)122-84)130-88(86(116)117)41-56(103)65(90-51(4)100)78(128-88)67(108)58(105)43-93/h20-21,36,38,53-63,65-85,93-98,102-106,108-115H,6-19,22-35,37,39-49H2,1-5H3,(H,90,100)(H,91,101)(H,92,107)(H,116,117)(H,118,119)/b21-20-,38-36+/t53-,54+,55-,56+,57+,58-,59-,60-,61-,62-,63-,65-,66-,67-,68-,69+,70+,71-,72-,73-,74-,75-,76-,77+,78?,79?,80+,81-,82+,83-,84+,85+,88+,89+/m1/s1. The number of hydrogen-bond donors (Lipinski definition) is 24. The molecule has 760 valence electrons. The van der Waals surface area contributed by atoms with Crippen molar-refractivity contribution in [2.45, 2.75) is 448 Å². The molecule has 6 aliphatic heterocycles. The molecule has 6 saturated heterocycles. The number of carboxylic acids is 2. The van der Waals surface area contributed by atoms with Crippen LogP contribution in [0, 0.1) is 5.92 Å². The van der Waals surface area contributed by atoms with Crippen molar-refractivity contribution in [1.82, 2.24) is 16.0 Å². The Morgan fingerprint density at radius 3 is 1.22 bits per heavy atom. The van der Waals surface area contributed by atoms with Gasteiger partial charge in [0.1, 0.15) is 128 Å². The second kappa shape index (κ2) is 59.5. The molecule has 42 nitrogen and oxygen atoms in total. The van der Waals surface area contributed by atoms with E-state index in [0.29, 0.717) is 12.8 Å². The van der Waals surface area contributed by atoms with Gasteiger partial charge in [0.2, 0.25) is 17.7 Å². The molecule has 0 spiro atoms. The molecule has 0 aromatic rings. The van der Waals surface area contributed by atoms with Crippen molar-refractivity contribution < 1.29 is 193 Å². The molecule has 6 rings (SSSR count). The average Bonchev–Trinajstić information content (AvgIpc) is 0.752. The molecule has 0 radical (unpaired) electrons. The molecule has 0 bridgehead atoms. The number of rotatable bonds is 63. The Balaban J connectivity index is 1.27. The average molecular weight is 1890 g/mol. The maximum absolute atomic E-state index is 14.1.